The summed E-state index contributed by atoms with van der Waals surface area (Å²) in [4.78, 5) is 0. The lowest BCUT2D eigenvalue weighted by atomic mass is 10.2. The fourth-order valence-corrected chi connectivity index (χ4v) is 1.22. The third-order valence-electron chi connectivity index (χ3n) is 1.66. The normalized spacial score (nSPS) is 8.33. The number of quaternary nitrogens is 1. The molecule has 0 saturated heterocycles. The van der Waals surface area contributed by atoms with E-state index in [0.717, 1.165) is 23.1 Å². The summed E-state index contributed by atoms with van der Waals surface area (Å²) in [6, 6.07) is 8.00. The summed E-state index contributed by atoms with van der Waals surface area (Å²) < 4.78 is 1.08. The minimum atomic E-state index is 0. The van der Waals surface area contributed by atoms with Crippen molar-refractivity contribution in [2.24, 2.45) is 0 Å². The van der Waals surface area contributed by atoms with E-state index < -0.39 is 0 Å². The summed E-state index contributed by atoms with van der Waals surface area (Å²) in [7, 11) is 0. The van der Waals surface area contributed by atoms with Crippen LogP contribution in [0.2, 0.25) is 0 Å². The molecule has 15 heavy (non-hydrogen) atoms. The first-order chi connectivity index (χ1) is 6.83. The van der Waals surface area contributed by atoms with Gasteiger partial charge < -0.3 is 22.3 Å². The Labute approximate surface area is 110 Å². The summed E-state index contributed by atoms with van der Waals surface area (Å²) in [5, 5.41) is 2.11. The van der Waals surface area contributed by atoms with Gasteiger partial charge in [-0.1, -0.05) is 28.4 Å². The molecule has 0 amide bonds. The summed E-state index contributed by atoms with van der Waals surface area (Å²) in [6.07, 6.45) is 1.88. The average molecular weight is 331 g/mol. The van der Waals surface area contributed by atoms with Gasteiger partial charge in [0, 0.05) is 10.0 Å². The fourth-order valence-electron chi connectivity index (χ4n) is 0.960. The van der Waals surface area contributed by atoms with Gasteiger partial charge in [-0.15, -0.1) is 0 Å². The topological polar surface area (TPSA) is 16.6 Å². The summed E-state index contributed by atoms with van der Waals surface area (Å²) in [5.41, 5.74) is 1.06. The summed E-state index contributed by atoms with van der Waals surface area (Å²) >= 11 is 3.38. The van der Waals surface area contributed by atoms with Gasteiger partial charge in [-0.3, -0.25) is 0 Å². The second-order valence-electron chi connectivity index (χ2n) is 2.83. The Bertz CT molecular complexity index is 346. The van der Waals surface area contributed by atoms with Crippen LogP contribution in [0, 0.1) is 11.8 Å². The highest BCUT2D eigenvalue weighted by molar-refractivity contribution is 9.10. The molecule has 0 aliphatic rings. The van der Waals surface area contributed by atoms with Gasteiger partial charge in [0.1, 0.15) is 6.54 Å². The van der Waals surface area contributed by atoms with E-state index in [2.05, 4.69) is 39.7 Å². The van der Waals surface area contributed by atoms with E-state index in [0.29, 0.717) is 0 Å². The zero-order valence-electron chi connectivity index (χ0n) is 8.34. The summed E-state index contributed by atoms with van der Waals surface area (Å²) in [5.74, 6) is 6.18. The van der Waals surface area contributed by atoms with Crippen LogP contribution in [0.5, 0.6) is 0 Å². The monoisotopic (exact) mass is 329 g/mol. The van der Waals surface area contributed by atoms with Crippen molar-refractivity contribution < 1.29 is 22.3 Å². The van der Waals surface area contributed by atoms with Crippen molar-refractivity contribution in [2.45, 2.75) is 0 Å². The average Bonchev–Trinajstić information content (AvgIpc) is 2.21. The minimum Gasteiger partial charge on any atom is -1.00 e. The quantitative estimate of drug-likeness (QED) is 0.397. The highest BCUT2D eigenvalue weighted by atomic mass is 79.9. The standard InChI is InChI=1S/C12H12BrN.BrH/c1-2-9-14-10-3-4-11-5-7-12(13)8-6-11;/h2,5-8,14H,1,9-10H2;1H. The Morgan fingerprint density at radius 3 is 2.60 bits per heavy atom. The molecule has 0 bridgehead atoms. The lowest BCUT2D eigenvalue weighted by molar-refractivity contribution is -0.634. The highest BCUT2D eigenvalue weighted by Gasteiger charge is 1.86. The molecule has 0 radical (unpaired) electrons. The third-order valence-corrected chi connectivity index (χ3v) is 2.19. The molecular weight excluding hydrogens is 318 g/mol. The van der Waals surface area contributed by atoms with Crippen molar-refractivity contribution in [1.82, 2.24) is 0 Å². The second-order valence-corrected chi connectivity index (χ2v) is 3.74. The maximum Gasteiger partial charge on any atom is 0.138 e. The molecule has 0 fully saturated rings. The van der Waals surface area contributed by atoms with E-state index in [1.165, 1.54) is 0 Å². The molecule has 80 valence electrons. The van der Waals surface area contributed by atoms with Crippen LogP contribution in [0.4, 0.5) is 0 Å². The van der Waals surface area contributed by atoms with Crippen LogP contribution in [-0.2, 0) is 0 Å². The van der Waals surface area contributed by atoms with Crippen molar-refractivity contribution in [3.63, 3.8) is 0 Å². The Kier molecular flexibility index (Phi) is 8.40. The number of nitrogens with two attached hydrogens (primary N) is 1. The van der Waals surface area contributed by atoms with Crippen LogP contribution < -0.4 is 22.3 Å². The molecule has 0 aliphatic heterocycles. The van der Waals surface area contributed by atoms with E-state index in [1.807, 2.05) is 30.3 Å². The molecule has 2 N–H and O–H groups in total. The SMILES string of the molecule is C=CC[NH2+]CC#Cc1ccc(Br)cc1.[Br-]. The van der Waals surface area contributed by atoms with E-state index in [4.69, 9.17) is 0 Å². The Morgan fingerprint density at radius 1 is 1.33 bits per heavy atom. The molecule has 0 saturated carbocycles. The van der Waals surface area contributed by atoms with Crippen LogP contribution in [0.25, 0.3) is 0 Å². The molecule has 1 aromatic carbocycles. The number of rotatable bonds is 3. The van der Waals surface area contributed by atoms with Crippen molar-refractivity contribution in [1.29, 1.82) is 0 Å². The van der Waals surface area contributed by atoms with E-state index in [9.17, 15) is 0 Å². The Morgan fingerprint density at radius 2 is 2.00 bits per heavy atom. The Balaban J connectivity index is 0.00000196. The van der Waals surface area contributed by atoms with Crippen LogP contribution in [0.1, 0.15) is 5.56 Å². The number of hydrogen-bond acceptors (Lipinski definition) is 0. The molecule has 0 atom stereocenters. The smallest absolute Gasteiger partial charge is 0.138 e. The van der Waals surface area contributed by atoms with E-state index in [1.54, 1.807) is 0 Å². The van der Waals surface area contributed by atoms with Crippen molar-refractivity contribution in [2.75, 3.05) is 13.1 Å². The van der Waals surface area contributed by atoms with Gasteiger partial charge in [-0.25, -0.2) is 0 Å². The maximum absolute atomic E-state index is 3.64. The molecule has 0 spiro atoms. The highest BCUT2D eigenvalue weighted by Crippen LogP contribution is 2.09. The van der Waals surface area contributed by atoms with Gasteiger partial charge in [-0.05, 0) is 36.3 Å². The van der Waals surface area contributed by atoms with Crippen LogP contribution in [-0.4, -0.2) is 13.1 Å². The lowest BCUT2D eigenvalue weighted by Crippen LogP contribution is -3.00. The first-order valence-corrected chi connectivity index (χ1v) is 5.29. The van der Waals surface area contributed by atoms with E-state index in [-0.39, 0.29) is 17.0 Å². The van der Waals surface area contributed by atoms with Gasteiger partial charge >= 0.3 is 0 Å². The Hall–Kier alpha value is -0.560. The number of benzene rings is 1. The van der Waals surface area contributed by atoms with Gasteiger partial charge in [0.05, 0.1) is 6.54 Å². The zero-order valence-corrected chi connectivity index (χ0v) is 11.5. The van der Waals surface area contributed by atoms with Crippen LogP contribution in [0.15, 0.2) is 41.4 Å². The molecule has 1 aromatic rings. The maximum atomic E-state index is 3.64. The zero-order chi connectivity index (χ0) is 10.2. The van der Waals surface area contributed by atoms with Gasteiger partial charge in [0.2, 0.25) is 0 Å². The molecule has 0 aromatic heterocycles. The van der Waals surface area contributed by atoms with Gasteiger partial charge in [0.15, 0.2) is 0 Å². The van der Waals surface area contributed by atoms with Gasteiger partial charge in [-0.2, -0.15) is 0 Å². The molecule has 0 heterocycles. The van der Waals surface area contributed by atoms with Crippen LogP contribution in [0.3, 0.4) is 0 Å². The van der Waals surface area contributed by atoms with Crippen molar-refractivity contribution >= 4 is 15.9 Å². The molecule has 1 rings (SSSR count). The fraction of sp³-hybridized carbons (Fsp3) is 0.167. The molecule has 0 unspecified atom stereocenters. The van der Waals surface area contributed by atoms with Crippen molar-refractivity contribution in [3.8, 4) is 11.8 Å². The number of hydrogen-bond donors (Lipinski definition) is 1. The van der Waals surface area contributed by atoms with Crippen molar-refractivity contribution in [3.05, 3.63) is 47.0 Å². The number of halogens is 2. The minimum absolute atomic E-state index is 0. The predicted octanol–water partition coefficient (Wildman–Crippen LogP) is -1.45. The van der Waals surface area contributed by atoms with Gasteiger partial charge in [0.25, 0.3) is 0 Å². The van der Waals surface area contributed by atoms with E-state index >= 15 is 0 Å². The van der Waals surface area contributed by atoms with Crippen LogP contribution >= 0.6 is 15.9 Å². The molecule has 3 heteroatoms. The first kappa shape index (κ1) is 14.4. The second kappa shape index (κ2) is 8.72. The molecular formula is C12H13Br2N. The molecule has 0 aliphatic carbocycles. The third kappa shape index (κ3) is 6.51. The summed E-state index contributed by atoms with van der Waals surface area (Å²) in [6.45, 7) is 5.39. The molecule has 1 nitrogen and oxygen atoms in total. The first-order valence-electron chi connectivity index (χ1n) is 4.50. The lowest BCUT2D eigenvalue weighted by Gasteiger charge is -1.90. The predicted molar refractivity (Wildman–Crippen MR) is 62.9 cm³/mol. The largest absolute Gasteiger partial charge is 1.00 e.